The summed E-state index contributed by atoms with van der Waals surface area (Å²) in [6.45, 7) is 5.99. The number of methoxy groups -OCH3 is 1. The molecule has 0 amide bonds. The number of anilines is 1. The van der Waals surface area contributed by atoms with Gasteiger partial charge < -0.3 is 15.0 Å². The van der Waals surface area contributed by atoms with E-state index in [1.165, 1.54) is 0 Å². The molecular formula is C19H20N6O. The molecular weight excluding hydrogens is 328 g/mol. The summed E-state index contributed by atoms with van der Waals surface area (Å²) >= 11 is 0. The van der Waals surface area contributed by atoms with E-state index in [1.54, 1.807) is 17.8 Å². The molecule has 0 radical (unpaired) electrons. The molecule has 1 aliphatic heterocycles. The van der Waals surface area contributed by atoms with Gasteiger partial charge in [-0.05, 0) is 24.6 Å². The number of hydrogen-bond acceptors (Lipinski definition) is 6. The van der Waals surface area contributed by atoms with E-state index in [4.69, 9.17) is 9.72 Å². The van der Waals surface area contributed by atoms with Crippen LogP contribution in [0, 0.1) is 18.3 Å². The van der Waals surface area contributed by atoms with Gasteiger partial charge in [-0.1, -0.05) is 0 Å². The van der Waals surface area contributed by atoms with Crippen molar-refractivity contribution in [1.29, 1.82) is 5.26 Å². The lowest BCUT2D eigenvalue weighted by atomic mass is 10.1. The fraction of sp³-hybridized carbons (Fsp3) is 0.316. The number of rotatable bonds is 3. The Kier molecular flexibility index (Phi) is 4.19. The van der Waals surface area contributed by atoms with Crippen molar-refractivity contribution in [2.24, 2.45) is 0 Å². The highest BCUT2D eigenvalue weighted by molar-refractivity contribution is 5.75. The third kappa shape index (κ3) is 2.74. The van der Waals surface area contributed by atoms with Crippen molar-refractivity contribution in [3.05, 3.63) is 41.9 Å². The molecule has 4 rings (SSSR count). The summed E-state index contributed by atoms with van der Waals surface area (Å²) in [7, 11) is 1.60. The number of fused-ring (bicyclic) bond motifs is 1. The van der Waals surface area contributed by atoms with E-state index < -0.39 is 0 Å². The predicted molar refractivity (Wildman–Crippen MR) is 99.5 cm³/mol. The van der Waals surface area contributed by atoms with E-state index in [-0.39, 0.29) is 0 Å². The van der Waals surface area contributed by atoms with E-state index in [0.717, 1.165) is 48.7 Å². The molecule has 26 heavy (non-hydrogen) atoms. The average Bonchev–Trinajstić information content (AvgIpc) is 3.11. The monoisotopic (exact) mass is 348 g/mol. The number of pyridine rings is 2. The van der Waals surface area contributed by atoms with Crippen LogP contribution in [0.5, 0.6) is 5.75 Å². The largest absolute Gasteiger partial charge is 0.494 e. The molecule has 0 spiro atoms. The molecule has 132 valence electrons. The van der Waals surface area contributed by atoms with E-state index in [9.17, 15) is 5.26 Å². The molecule has 0 atom stereocenters. The first-order valence-electron chi connectivity index (χ1n) is 8.59. The highest BCUT2D eigenvalue weighted by Crippen LogP contribution is 2.31. The maximum atomic E-state index is 9.24. The van der Waals surface area contributed by atoms with Gasteiger partial charge in [-0.2, -0.15) is 10.4 Å². The highest BCUT2D eigenvalue weighted by atomic mass is 16.5. The van der Waals surface area contributed by atoms with Gasteiger partial charge in [0.1, 0.15) is 28.7 Å². The summed E-state index contributed by atoms with van der Waals surface area (Å²) in [4.78, 5) is 7.02. The number of hydrogen-bond donors (Lipinski definition) is 1. The molecule has 0 unspecified atom stereocenters. The van der Waals surface area contributed by atoms with Crippen LogP contribution in [0.4, 0.5) is 5.82 Å². The number of piperazine rings is 1. The SMILES string of the molecule is COc1cc(-c2cnc(N3CCNCC3)c(C)c2)cn2ncc(C#N)c12. The second kappa shape index (κ2) is 6.65. The highest BCUT2D eigenvalue weighted by Gasteiger charge is 2.16. The summed E-state index contributed by atoms with van der Waals surface area (Å²) in [5.74, 6) is 1.66. The van der Waals surface area contributed by atoms with E-state index in [2.05, 4.69) is 34.4 Å². The number of ether oxygens (including phenoxy) is 1. The Hall–Kier alpha value is -3.11. The summed E-state index contributed by atoms with van der Waals surface area (Å²) in [6, 6.07) is 6.22. The van der Waals surface area contributed by atoms with Crippen LogP contribution in [-0.2, 0) is 0 Å². The number of aryl methyl sites for hydroxylation is 1. The van der Waals surface area contributed by atoms with Crippen LogP contribution in [0.25, 0.3) is 16.6 Å². The molecule has 3 aromatic heterocycles. The molecule has 1 N–H and O–H groups in total. The van der Waals surface area contributed by atoms with Crippen LogP contribution in [0.1, 0.15) is 11.1 Å². The second-order valence-corrected chi connectivity index (χ2v) is 6.36. The van der Waals surface area contributed by atoms with Crippen molar-refractivity contribution in [2.45, 2.75) is 6.92 Å². The van der Waals surface area contributed by atoms with Crippen molar-refractivity contribution < 1.29 is 4.74 Å². The lowest BCUT2D eigenvalue weighted by molar-refractivity contribution is 0.417. The maximum Gasteiger partial charge on any atom is 0.146 e. The molecule has 0 saturated carbocycles. The van der Waals surface area contributed by atoms with Crippen LogP contribution in [0.3, 0.4) is 0 Å². The number of nitriles is 1. The van der Waals surface area contributed by atoms with E-state index in [1.807, 2.05) is 18.5 Å². The van der Waals surface area contributed by atoms with Gasteiger partial charge in [0.05, 0.1) is 13.3 Å². The van der Waals surface area contributed by atoms with Crippen LogP contribution in [0.2, 0.25) is 0 Å². The molecule has 7 heteroatoms. The molecule has 3 aromatic rings. The standard InChI is InChI=1S/C19H20N6O/c1-13-7-14(10-22-19(13)24-5-3-21-4-6-24)15-8-17(26-2)18-16(9-20)11-23-25(18)12-15/h7-8,10-12,21H,3-6H2,1-2H3. The van der Waals surface area contributed by atoms with Crippen molar-refractivity contribution >= 4 is 11.3 Å². The third-order valence-corrected chi connectivity index (χ3v) is 4.72. The zero-order valence-electron chi connectivity index (χ0n) is 14.9. The van der Waals surface area contributed by atoms with Gasteiger partial charge in [0.2, 0.25) is 0 Å². The molecule has 7 nitrogen and oxygen atoms in total. The lowest BCUT2D eigenvalue weighted by Gasteiger charge is -2.29. The Morgan fingerprint density at radius 2 is 2.00 bits per heavy atom. The second-order valence-electron chi connectivity index (χ2n) is 6.36. The Morgan fingerprint density at radius 3 is 2.69 bits per heavy atom. The van der Waals surface area contributed by atoms with Crippen molar-refractivity contribution in [2.75, 3.05) is 38.2 Å². The molecule has 0 aromatic carbocycles. The normalized spacial score (nSPS) is 14.4. The van der Waals surface area contributed by atoms with Gasteiger partial charge in [-0.25, -0.2) is 9.50 Å². The van der Waals surface area contributed by atoms with Gasteiger partial charge in [0.15, 0.2) is 0 Å². The molecule has 1 saturated heterocycles. The zero-order chi connectivity index (χ0) is 18.1. The Morgan fingerprint density at radius 1 is 1.19 bits per heavy atom. The summed E-state index contributed by atoms with van der Waals surface area (Å²) in [6.07, 6.45) is 5.35. The molecule has 4 heterocycles. The first kappa shape index (κ1) is 16.4. The first-order valence-corrected chi connectivity index (χ1v) is 8.59. The van der Waals surface area contributed by atoms with Crippen LogP contribution in [-0.4, -0.2) is 47.9 Å². The quantitative estimate of drug-likeness (QED) is 0.780. The Balaban J connectivity index is 1.75. The number of nitrogens with zero attached hydrogens (tertiary/aromatic N) is 5. The zero-order valence-corrected chi connectivity index (χ0v) is 14.9. The molecule has 0 bridgehead atoms. The smallest absolute Gasteiger partial charge is 0.146 e. The van der Waals surface area contributed by atoms with Crippen molar-refractivity contribution in [1.82, 2.24) is 19.9 Å². The van der Waals surface area contributed by atoms with Crippen LogP contribution >= 0.6 is 0 Å². The van der Waals surface area contributed by atoms with Crippen molar-refractivity contribution in [3.8, 4) is 22.9 Å². The Bertz CT molecular complexity index is 997. The minimum absolute atomic E-state index is 0.497. The summed E-state index contributed by atoms with van der Waals surface area (Å²) < 4.78 is 7.18. The minimum atomic E-state index is 0.497. The third-order valence-electron chi connectivity index (χ3n) is 4.72. The van der Waals surface area contributed by atoms with Gasteiger partial charge in [-0.3, -0.25) is 0 Å². The van der Waals surface area contributed by atoms with Gasteiger partial charge in [-0.15, -0.1) is 0 Å². The fourth-order valence-corrected chi connectivity index (χ4v) is 3.41. The van der Waals surface area contributed by atoms with E-state index in [0.29, 0.717) is 16.8 Å². The summed E-state index contributed by atoms with van der Waals surface area (Å²) in [5.41, 5.74) is 4.26. The van der Waals surface area contributed by atoms with E-state index >= 15 is 0 Å². The maximum absolute atomic E-state index is 9.24. The average molecular weight is 348 g/mol. The topological polar surface area (TPSA) is 78.5 Å². The van der Waals surface area contributed by atoms with Crippen LogP contribution < -0.4 is 15.0 Å². The first-order chi connectivity index (χ1) is 12.7. The van der Waals surface area contributed by atoms with Gasteiger partial charge >= 0.3 is 0 Å². The van der Waals surface area contributed by atoms with Gasteiger partial charge in [0.25, 0.3) is 0 Å². The molecule has 1 fully saturated rings. The number of nitrogens with one attached hydrogen (secondary N) is 1. The molecule has 0 aliphatic carbocycles. The molecule has 1 aliphatic rings. The van der Waals surface area contributed by atoms with Crippen LogP contribution in [0.15, 0.2) is 30.7 Å². The lowest BCUT2D eigenvalue weighted by Crippen LogP contribution is -2.44. The van der Waals surface area contributed by atoms with Gasteiger partial charge in [0, 0.05) is 49.7 Å². The summed E-state index contributed by atoms with van der Waals surface area (Å²) in [5, 5.41) is 16.9. The fourth-order valence-electron chi connectivity index (χ4n) is 3.41. The minimum Gasteiger partial charge on any atom is -0.494 e. The number of aromatic nitrogens is 3. The van der Waals surface area contributed by atoms with Crippen molar-refractivity contribution in [3.63, 3.8) is 0 Å². The Labute approximate surface area is 151 Å². The predicted octanol–water partition coefficient (Wildman–Crippen LogP) is 1.99.